The average molecular weight is 275 g/mol. The van der Waals surface area contributed by atoms with Gasteiger partial charge in [-0.15, -0.1) is 0 Å². The predicted octanol–water partition coefficient (Wildman–Crippen LogP) is 0.695. The monoisotopic (exact) mass is 275 g/mol. The third kappa shape index (κ3) is 3.66. The molecule has 2 rings (SSSR count). The van der Waals surface area contributed by atoms with Gasteiger partial charge in [0.15, 0.2) is 0 Å². The lowest BCUT2D eigenvalue weighted by atomic mass is 9.94. The summed E-state index contributed by atoms with van der Waals surface area (Å²) in [7, 11) is -3.22. The van der Waals surface area contributed by atoms with Crippen LogP contribution in [-0.2, 0) is 10.2 Å². The summed E-state index contributed by atoms with van der Waals surface area (Å²) in [5.41, 5.74) is 0. The zero-order chi connectivity index (χ0) is 13.0. The van der Waals surface area contributed by atoms with Crippen LogP contribution in [0, 0.1) is 5.92 Å². The number of rotatable bonds is 6. The molecule has 1 aliphatic carbocycles. The molecule has 1 saturated heterocycles. The van der Waals surface area contributed by atoms with Crippen LogP contribution in [0.2, 0.25) is 0 Å². The Morgan fingerprint density at radius 3 is 2.33 bits per heavy atom. The highest BCUT2D eigenvalue weighted by atomic mass is 32.2. The van der Waals surface area contributed by atoms with Crippen molar-refractivity contribution in [1.29, 1.82) is 0 Å². The summed E-state index contributed by atoms with van der Waals surface area (Å²) in [5, 5.41) is 3.34. The number of piperidine rings is 1. The molecule has 0 radical (unpaired) electrons. The van der Waals surface area contributed by atoms with Crippen LogP contribution in [-0.4, -0.2) is 44.9 Å². The van der Waals surface area contributed by atoms with Crippen molar-refractivity contribution in [2.45, 2.75) is 45.1 Å². The molecule has 0 aromatic carbocycles. The maximum Gasteiger partial charge on any atom is 0.279 e. The van der Waals surface area contributed by atoms with Gasteiger partial charge in [0.1, 0.15) is 0 Å². The van der Waals surface area contributed by atoms with E-state index in [9.17, 15) is 8.42 Å². The van der Waals surface area contributed by atoms with Gasteiger partial charge in [-0.05, 0) is 44.7 Å². The van der Waals surface area contributed by atoms with Gasteiger partial charge in [-0.2, -0.15) is 17.4 Å². The molecule has 1 saturated carbocycles. The summed E-state index contributed by atoms with van der Waals surface area (Å²) >= 11 is 0. The highest BCUT2D eigenvalue weighted by Crippen LogP contribution is 2.22. The Labute approximate surface area is 110 Å². The lowest BCUT2D eigenvalue weighted by molar-refractivity contribution is 0.261. The summed E-state index contributed by atoms with van der Waals surface area (Å²) in [5.74, 6) is 0.625. The number of hydrogen-bond acceptors (Lipinski definition) is 3. The minimum Gasteiger partial charge on any atom is -0.317 e. The Morgan fingerprint density at radius 2 is 1.83 bits per heavy atom. The molecule has 0 aromatic heterocycles. The second-order valence-corrected chi connectivity index (χ2v) is 7.10. The SMILES string of the molecule is CCNCC1CCN(S(=O)(=O)NC2CCC2)CC1. The van der Waals surface area contributed by atoms with Gasteiger partial charge < -0.3 is 5.32 Å². The topological polar surface area (TPSA) is 61.4 Å². The van der Waals surface area contributed by atoms with E-state index in [0.29, 0.717) is 19.0 Å². The molecule has 18 heavy (non-hydrogen) atoms. The fraction of sp³-hybridized carbons (Fsp3) is 1.00. The molecule has 2 aliphatic rings. The molecule has 1 heterocycles. The van der Waals surface area contributed by atoms with Gasteiger partial charge in [-0.3, -0.25) is 0 Å². The highest BCUT2D eigenvalue weighted by molar-refractivity contribution is 7.87. The van der Waals surface area contributed by atoms with Crippen molar-refractivity contribution in [3.05, 3.63) is 0 Å². The van der Waals surface area contributed by atoms with Crippen molar-refractivity contribution < 1.29 is 8.42 Å². The van der Waals surface area contributed by atoms with E-state index < -0.39 is 10.2 Å². The molecule has 2 fully saturated rings. The van der Waals surface area contributed by atoms with Crippen LogP contribution < -0.4 is 10.0 Å². The lowest BCUT2D eigenvalue weighted by Crippen LogP contribution is -2.50. The van der Waals surface area contributed by atoms with Crippen molar-refractivity contribution >= 4 is 10.2 Å². The zero-order valence-electron chi connectivity index (χ0n) is 11.2. The van der Waals surface area contributed by atoms with E-state index in [-0.39, 0.29) is 6.04 Å². The molecule has 1 aliphatic heterocycles. The van der Waals surface area contributed by atoms with Gasteiger partial charge in [-0.1, -0.05) is 13.3 Å². The average Bonchev–Trinajstić information content (AvgIpc) is 2.32. The Bertz CT molecular complexity index is 346. The molecule has 0 amide bonds. The Morgan fingerprint density at radius 1 is 1.17 bits per heavy atom. The van der Waals surface area contributed by atoms with Crippen LogP contribution >= 0.6 is 0 Å². The van der Waals surface area contributed by atoms with Crippen LogP contribution in [0.1, 0.15) is 39.0 Å². The molecule has 0 unspecified atom stereocenters. The maximum absolute atomic E-state index is 12.1. The van der Waals surface area contributed by atoms with E-state index >= 15 is 0 Å². The van der Waals surface area contributed by atoms with Gasteiger partial charge in [0.05, 0.1) is 0 Å². The number of hydrogen-bond donors (Lipinski definition) is 2. The first-order valence-corrected chi connectivity index (χ1v) is 8.54. The largest absolute Gasteiger partial charge is 0.317 e. The van der Waals surface area contributed by atoms with Crippen LogP contribution in [0.15, 0.2) is 0 Å². The molecule has 5 nitrogen and oxygen atoms in total. The third-order valence-corrected chi connectivity index (χ3v) is 5.69. The van der Waals surface area contributed by atoms with Crippen LogP contribution in [0.25, 0.3) is 0 Å². The van der Waals surface area contributed by atoms with E-state index in [2.05, 4.69) is 17.0 Å². The van der Waals surface area contributed by atoms with E-state index in [1.54, 1.807) is 4.31 Å². The second kappa shape index (κ2) is 6.32. The molecule has 2 N–H and O–H groups in total. The van der Waals surface area contributed by atoms with Crippen molar-refractivity contribution in [3.63, 3.8) is 0 Å². The smallest absolute Gasteiger partial charge is 0.279 e. The van der Waals surface area contributed by atoms with Gasteiger partial charge in [0.2, 0.25) is 0 Å². The van der Waals surface area contributed by atoms with Crippen molar-refractivity contribution in [3.8, 4) is 0 Å². The quantitative estimate of drug-likeness (QED) is 0.750. The van der Waals surface area contributed by atoms with E-state index in [0.717, 1.165) is 45.2 Å². The molecular weight excluding hydrogens is 250 g/mol. The fourth-order valence-electron chi connectivity index (χ4n) is 2.51. The summed E-state index contributed by atoms with van der Waals surface area (Å²) in [4.78, 5) is 0. The molecule has 0 aromatic rings. The van der Waals surface area contributed by atoms with Crippen molar-refractivity contribution in [2.75, 3.05) is 26.2 Å². The van der Waals surface area contributed by atoms with E-state index in [1.807, 2.05) is 0 Å². The van der Waals surface area contributed by atoms with Gasteiger partial charge in [0, 0.05) is 19.1 Å². The molecule has 6 heteroatoms. The zero-order valence-corrected chi connectivity index (χ0v) is 12.0. The fourth-order valence-corrected chi connectivity index (χ4v) is 4.01. The standard InChI is InChI=1S/C12H25N3O2S/c1-2-13-10-11-6-8-15(9-7-11)18(16,17)14-12-4-3-5-12/h11-14H,2-10H2,1H3. The van der Waals surface area contributed by atoms with Gasteiger partial charge >= 0.3 is 0 Å². The van der Waals surface area contributed by atoms with Crippen LogP contribution in [0.5, 0.6) is 0 Å². The lowest BCUT2D eigenvalue weighted by Gasteiger charge is -2.34. The highest BCUT2D eigenvalue weighted by Gasteiger charge is 2.31. The number of nitrogens with zero attached hydrogens (tertiary/aromatic N) is 1. The molecule has 0 bridgehead atoms. The van der Waals surface area contributed by atoms with Crippen LogP contribution in [0.3, 0.4) is 0 Å². The summed E-state index contributed by atoms with van der Waals surface area (Å²) < 4.78 is 28.6. The molecule has 0 spiro atoms. The predicted molar refractivity (Wildman–Crippen MR) is 72.5 cm³/mol. The second-order valence-electron chi connectivity index (χ2n) is 5.40. The normalized spacial score (nSPS) is 24.1. The number of nitrogens with one attached hydrogen (secondary N) is 2. The summed E-state index contributed by atoms with van der Waals surface area (Å²) in [6.07, 6.45) is 5.08. The maximum atomic E-state index is 12.1. The first kappa shape index (κ1) is 14.2. The Hall–Kier alpha value is -0.170. The third-order valence-electron chi connectivity index (χ3n) is 4.02. The first-order chi connectivity index (χ1) is 8.62. The summed E-state index contributed by atoms with van der Waals surface area (Å²) in [6, 6.07) is 0.189. The Balaban J connectivity index is 1.77. The van der Waals surface area contributed by atoms with E-state index in [4.69, 9.17) is 0 Å². The first-order valence-electron chi connectivity index (χ1n) is 7.10. The minimum atomic E-state index is -3.22. The van der Waals surface area contributed by atoms with Crippen LogP contribution in [0.4, 0.5) is 0 Å². The molecular formula is C12H25N3O2S. The molecule has 106 valence electrons. The van der Waals surface area contributed by atoms with E-state index in [1.165, 1.54) is 0 Å². The van der Waals surface area contributed by atoms with Gasteiger partial charge in [0.25, 0.3) is 10.2 Å². The minimum absolute atomic E-state index is 0.189. The molecule has 0 atom stereocenters. The summed E-state index contributed by atoms with van der Waals surface area (Å²) in [6.45, 7) is 5.43. The Kier molecular flexibility index (Phi) is 5.00. The van der Waals surface area contributed by atoms with Crippen molar-refractivity contribution in [2.24, 2.45) is 5.92 Å². The van der Waals surface area contributed by atoms with Crippen molar-refractivity contribution in [1.82, 2.24) is 14.3 Å². The van der Waals surface area contributed by atoms with Gasteiger partial charge in [-0.25, -0.2) is 0 Å².